The molecule has 1 aromatic heterocycles. The molecule has 4 aliphatic rings. The van der Waals surface area contributed by atoms with Crippen molar-refractivity contribution < 1.29 is 28.2 Å². The smallest absolute Gasteiger partial charge is 0.305 e. The van der Waals surface area contributed by atoms with E-state index in [4.69, 9.17) is 9.47 Å². The van der Waals surface area contributed by atoms with Gasteiger partial charge in [-0.1, -0.05) is 35.1 Å². The van der Waals surface area contributed by atoms with Gasteiger partial charge in [0.2, 0.25) is 11.8 Å². The van der Waals surface area contributed by atoms with E-state index >= 15 is 0 Å². The van der Waals surface area contributed by atoms with Crippen molar-refractivity contribution >= 4 is 52.2 Å². The third kappa shape index (κ3) is 5.04. The average Bonchev–Trinajstić information content (AvgIpc) is 3.81. The van der Waals surface area contributed by atoms with E-state index in [1.54, 1.807) is 17.8 Å². The molecule has 3 fully saturated rings. The van der Waals surface area contributed by atoms with Gasteiger partial charge in [-0.25, -0.2) is 4.39 Å². The Balaban J connectivity index is 1.10. The van der Waals surface area contributed by atoms with Crippen molar-refractivity contribution in [3.8, 4) is 11.5 Å². The number of thioether (sulfide) groups is 1. The van der Waals surface area contributed by atoms with Gasteiger partial charge >= 0.3 is 4.87 Å². The van der Waals surface area contributed by atoms with E-state index in [2.05, 4.69) is 10.3 Å². The number of fused-ring (bicyclic) bond motifs is 9. The monoisotopic (exact) mass is 685 g/mol. The number of ether oxygens (including phenoxy) is 2. The number of anilines is 2. The Morgan fingerprint density at radius 3 is 2.42 bits per heavy atom. The lowest BCUT2D eigenvalue weighted by atomic mass is 9.68. The number of nitrogens with one attached hydrogen (secondary N) is 2. The summed E-state index contributed by atoms with van der Waals surface area (Å²) in [6, 6.07) is 18.6. The highest BCUT2D eigenvalue weighted by molar-refractivity contribution is 8.00. The van der Waals surface area contributed by atoms with Crippen LogP contribution in [0, 0.1) is 42.3 Å². The van der Waals surface area contributed by atoms with E-state index in [9.17, 15) is 23.6 Å². The van der Waals surface area contributed by atoms with Crippen molar-refractivity contribution in [2.45, 2.75) is 36.5 Å². The number of aromatic nitrogens is 1. The molecule has 7 atom stereocenters. The van der Waals surface area contributed by atoms with Crippen molar-refractivity contribution in [3.63, 3.8) is 0 Å². The van der Waals surface area contributed by atoms with Gasteiger partial charge < -0.3 is 19.8 Å². The number of aromatic amines is 1. The Hall–Kier alpha value is -4.42. The lowest BCUT2D eigenvalue weighted by Gasteiger charge is -2.43. The zero-order valence-electron chi connectivity index (χ0n) is 26.1. The summed E-state index contributed by atoms with van der Waals surface area (Å²) < 4.78 is 25.1. The summed E-state index contributed by atoms with van der Waals surface area (Å²) in [6.07, 6.45) is 0.787. The molecule has 4 aromatic rings. The van der Waals surface area contributed by atoms with Gasteiger partial charge in [0, 0.05) is 21.7 Å². The maximum atomic E-state index is 14.0. The average molecular weight is 686 g/mol. The van der Waals surface area contributed by atoms with Crippen LogP contribution in [-0.4, -0.2) is 41.2 Å². The van der Waals surface area contributed by atoms with Crippen LogP contribution in [0.15, 0.2) is 76.6 Å². The molecule has 3 amide bonds. The van der Waals surface area contributed by atoms with Gasteiger partial charge in [-0.05, 0) is 92.1 Å². The van der Waals surface area contributed by atoms with Crippen LogP contribution in [-0.2, 0) is 14.4 Å². The van der Waals surface area contributed by atoms with Gasteiger partial charge in [0.25, 0.3) is 5.91 Å². The number of carbonyl (C=O) groups excluding carboxylic acids is 3. The number of imide groups is 1. The first-order chi connectivity index (χ1) is 23.2. The predicted molar refractivity (Wildman–Crippen MR) is 180 cm³/mol. The molecule has 0 spiro atoms. The molecule has 1 saturated heterocycles. The predicted octanol–water partition coefficient (Wildman–Crippen LogP) is 5.98. The van der Waals surface area contributed by atoms with E-state index in [1.807, 2.05) is 50.2 Å². The van der Waals surface area contributed by atoms with E-state index in [-0.39, 0.29) is 58.1 Å². The van der Waals surface area contributed by atoms with Gasteiger partial charge in [0.1, 0.15) is 5.82 Å². The molecule has 3 aromatic carbocycles. The van der Waals surface area contributed by atoms with Gasteiger partial charge in [0.05, 0.1) is 29.2 Å². The van der Waals surface area contributed by atoms with Crippen molar-refractivity contribution in [1.82, 2.24) is 4.98 Å². The number of nitrogens with zero attached hydrogens (tertiary/aromatic N) is 1. The summed E-state index contributed by atoms with van der Waals surface area (Å²) in [4.78, 5) is 58.5. The number of carbonyl (C=O) groups is 3. The minimum absolute atomic E-state index is 0.00883. The highest BCUT2D eigenvalue weighted by Gasteiger charge is 2.69. The topological polar surface area (TPSA) is 118 Å². The molecule has 2 aliphatic carbocycles. The fourth-order valence-electron chi connectivity index (χ4n) is 8.32. The van der Waals surface area contributed by atoms with E-state index in [0.29, 0.717) is 29.5 Å². The molecule has 2 bridgehead atoms. The minimum Gasteiger partial charge on any atom is -0.490 e. The zero-order valence-corrected chi connectivity index (χ0v) is 27.7. The number of H-pyrrole nitrogens is 1. The van der Waals surface area contributed by atoms with Crippen LogP contribution < -0.4 is 24.6 Å². The molecular formula is C36H32FN3O6S2. The lowest BCUT2D eigenvalue weighted by Crippen LogP contribution is -2.42. The molecule has 2 aliphatic heterocycles. The Bertz CT molecular complexity index is 1990. The summed E-state index contributed by atoms with van der Waals surface area (Å²) in [7, 11) is 0. The van der Waals surface area contributed by atoms with E-state index < -0.39 is 17.6 Å². The fourth-order valence-corrected chi connectivity index (χ4v) is 11.2. The van der Waals surface area contributed by atoms with Gasteiger partial charge in [-0.15, -0.1) is 11.8 Å². The third-order valence-electron chi connectivity index (χ3n) is 10.1. The van der Waals surface area contributed by atoms with Crippen LogP contribution in [0.2, 0.25) is 0 Å². The van der Waals surface area contributed by atoms with Crippen LogP contribution in [0.1, 0.15) is 35.3 Å². The molecule has 8 rings (SSSR count). The van der Waals surface area contributed by atoms with Gasteiger partial charge in [-0.3, -0.25) is 24.1 Å². The number of thiazole rings is 1. The van der Waals surface area contributed by atoms with Crippen molar-refractivity contribution in [1.29, 1.82) is 0 Å². The first-order valence-corrected chi connectivity index (χ1v) is 17.7. The second-order valence-electron chi connectivity index (χ2n) is 12.8. The Morgan fingerprint density at radius 1 is 0.958 bits per heavy atom. The van der Waals surface area contributed by atoms with Crippen LogP contribution >= 0.6 is 23.1 Å². The molecular weight excluding hydrogens is 654 g/mol. The van der Waals surface area contributed by atoms with Gasteiger partial charge in [0.15, 0.2) is 18.1 Å². The maximum absolute atomic E-state index is 14.0. The van der Waals surface area contributed by atoms with Crippen molar-refractivity contribution in [2.75, 3.05) is 23.4 Å². The Labute approximate surface area is 283 Å². The summed E-state index contributed by atoms with van der Waals surface area (Å²) in [5, 5.41) is 3.56. The van der Waals surface area contributed by atoms with Crippen LogP contribution in [0.25, 0.3) is 0 Å². The molecule has 246 valence electrons. The van der Waals surface area contributed by atoms with Crippen LogP contribution in [0.5, 0.6) is 11.5 Å². The number of amides is 3. The van der Waals surface area contributed by atoms with E-state index in [0.717, 1.165) is 27.5 Å². The summed E-state index contributed by atoms with van der Waals surface area (Å²) in [6.45, 7) is 3.90. The van der Waals surface area contributed by atoms with Crippen molar-refractivity contribution in [3.05, 3.63) is 98.2 Å². The molecule has 9 nitrogen and oxygen atoms in total. The Morgan fingerprint density at radius 2 is 1.69 bits per heavy atom. The zero-order chi connectivity index (χ0) is 33.3. The number of rotatable bonds is 8. The first-order valence-electron chi connectivity index (χ1n) is 16.0. The largest absolute Gasteiger partial charge is 0.490 e. The van der Waals surface area contributed by atoms with E-state index in [1.165, 1.54) is 40.5 Å². The second kappa shape index (κ2) is 11.9. The molecule has 0 unspecified atom stereocenters. The van der Waals surface area contributed by atoms with Crippen molar-refractivity contribution in [2.24, 2.45) is 29.6 Å². The normalized spacial score (nSPS) is 26.6. The lowest BCUT2D eigenvalue weighted by molar-refractivity contribution is -0.123. The molecule has 0 radical (unpaired) electrons. The van der Waals surface area contributed by atoms with Gasteiger partial charge in [-0.2, -0.15) is 0 Å². The standard InChI is InChI=1S/C36H32FN3O6S2/c1-3-45-25-14-18(6-13-24(25)46-16-26(41)38-20-9-7-19(37)8-10-20)27-28-22-15-23(31(28)47-33-32(27)48-36(44)39-33)30-29(22)34(42)40(35(30)43)21-11-4-17(2)5-12-21/h4-14,22-23,27-31H,3,15-16H2,1-2H3,(H,38,41)(H,39,44)/t22-,23-,27+,28-,29+,30+,31-/m1/s1. The molecule has 2 N–H and O–H groups in total. The summed E-state index contributed by atoms with van der Waals surface area (Å²) in [5.74, 6) is -1.18. The summed E-state index contributed by atoms with van der Waals surface area (Å²) >= 11 is 2.83. The number of hydrogen-bond donors (Lipinski definition) is 2. The minimum atomic E-state index is -0.408. The summed E-state index contributed by atoms with van der Waals surface area (Å²) in [5.41, 5.74) is 3.04. The first kappa shape index (κ1) is 30.9. The van der Waals surface area contributed by atoms with Crippen LogP contribution in [0.3, 0.4) is 0 Å². The number of aryl methyl sites for hydroxylation is 1. The number of benzene rings is 3. The quantitative estimate of drug-likeness (QED) is 0.219. The SMILES string of the molecule is CCOc1cc([C@@H]2c3sc(=O)[nH]c3S[C@@H]3[C@@H]4C[C@@H]([C@@H]5C(=O)N(c6ccc(C)cc6)C(=O)[C@@H]45)[C@H]23)ccc1OCC(=O)Nc1ccc(F)cc1. The second-order valence-corrected chi connectivity index (χ2v) is 15.0. The highest BCUT2D eigenvalue weighted by atomic mass is 32.2. The third-order valence-corrected chi connectivity index (χ3v) is 12.7. The number of hydrogen-bond acceptors (Lipinski definition) is 8. The number of halogens is 1. The molecule has 12 heteroatoms. The molecule has 3 heterocycles. The van der Waals surface area contributed by atoms with Crippen LogP contribution in [0.4, 0.5) is 15.8 Å². The Kier molecular flexibility index (Phi) is 7.67. The maximum Gasteiger partial charge on any atom is 0.305 e. The highest BCUT2D eigenvalue weighted by Crippen LogP contribution is 2.68. The molecule has 2 saturated carbocycles. The fraction of sp³-hybridized carbons (Fsp3) is 0.333. The molecule has 48 heavy (non-hydrogen) atoms.